The average Bonchev–Trinajstić information content (AvgIpc) is 3.26. The highest BCUT2D eigenvalue weighted by Crippen LogP contribution is 2.43. The van der Waals surface area contributed by atoms with Crippen molar-refractivity contribution in [2.45, 2.75) is 46.0 Å². The Bertz CT molecular complexity index is 1610. The summed E-state index contributed by atoms with van der Waals surface area (Å²) in [7, 11) is 0. The van der Waals surface area contributed by atoms with Crippen LogP contribution in [-0.4, -0.2) is 12.6 Å². The summed E-state index contributed by atoms with van der Waals surface area (Å²) in [4.78, 5) is 13.0. The molecule has 7 nitrogen and oxygen atoms in total. The van der Waals surface area contributed by atoms with Gasteiger partial charge in [-0.15, -0.1) is 0 Å². The largest absolute Gasteiger partial charge is 0.494 e. The summed E-state index contributed by atoms with van der Waals surface area (Å²) in [6.07, 6.45) is 3.27. The molecule has 198 valence electrons. The average molecular weight is 523 g/mol. The third-order valence-corrected chi connectivity index (χ3v) is 6.91. The van der Waals surface area contributed by atoms with Crippen LogP contribution in [0.4, 0.5) is 0 Å². The van der Waals surface area contributed by atoms with Crippen LogP contribution in [-0.2, 0) is 0 Å². The number of nitrogens with zero attached hydrogens (tertiary/aromatic N) is 1. The fourth-order valence-electron chi connectivity index (χ4n) is 4.82. The van der Waals surface area contributed by atoms with Crippen molar-refractivity contribution >= 4 is 16.9 Å². The van der Waals surface area contributed by atoms with Gasteiger partial charge in [-0.1, -0.05) is 50.1 Å². The second kappa shape index (κ2) is 11.0. The van der Waals surface area contributed by atoms with Crippen LogP contribution in [0.25, 0.3) is 11.0 Å². The zero-order chi connectivity index (χ0) is 27.5. The van der Waals surface area contributed by atoms with Crippen molar-refractivity contribution in [2.24, 2.45) is 5.73 Å². The highest BCUT2D eigenvalue weighted by molar-refractivity contribution is 5.97. The molecule has 0 saturated carbocycles. The summed E-state index contributed by atoms with van der Waals surface area (Å²) in [6.45, 7) is 6.61. The molecule has 2 N–H and O–H groups in total. The number of hydrogen-bond acceptors (Lipinski definition) is 7. The number of allylic oxidation sites excluding steroid dienone is 1. The Morgan fingerprint density at radius 2 is 1.79 bits per heavy atom. The van der Waals surface area contributed by atoms with Crippen molar-refractivity contribution in [3.8, 4) is 23.3 Å². The van der Waals surface area contributed by atoms with E-state index in [9.17, 15) is 10.1 Å². The Labute approximate surface area is 227 Å². The zero-order valence-corrected chi connectivity index (χ0v) is 22.2. The summed E-state index contributed by atoms with van der Waals surface area (Å²) < 4.78 is 23.1. The molecule has 0 bridgehead atoms. The van der Waals surface area contributed by atoms with E-state index in [4.69, 9.17) is 24.4 Å². The Morgan fingerprint density at radius 3 is 2.54 bits per heavy atom. The van der Waals surface area contributed by atoms with Crippen LogP contribution in [0.5, 0.6) is 17.2 Å². The van der Waals surface area contributed by atoms with Gasteiger partial charge in [-0.25, -0.2) is 4.79 Å². The minimum atomic E-state index is -0.607. The molecular formula is C32H30N2O5. The van der Waals surface area contributed by atoms with Crippen LogP contribution in [0.15, 0.2) is 76.5 Å². The number of fused-ring (bicyclic) bond motifs is 2. The summed E-state index contributed by atoms with van der Waals surface area (Å²) in [6, 6.07) is 20.7. The van der Waals surface area contributed by atoms with Crippen molar-refractivity contribution < 1.29 is 23.4 Å². The van der Waals surface area contributed by atoms with Crippen LogP contribution in [0, 0.1) is 25.2 Å². The number of unbranched alkanes of at least 4 members (excludes halogenated alkanes) is 2. The molecule has 0 radical (unpaired) electrons. The van der Waals surface area contributed by atoms with Gasteiger partial charge in [0.2, 0.25) is 11.6 Å². The lowest BCUT2D eigenvalue weighted by Crippen LogP contribution is -2.21. The van der Waals surface area contributed by atoms with Crippen LogP contribution in [0.3, 0.4) is 0 Å². The van der Waals surface area contributed by atoms with E-state index in [0.717, 1.165) is 47.1 Å². The lowest BCUT2D eigenvalue weighted by atomic mass is 9.83. The maximum absolute atomic E-state index is 13.0. The summed E-state index contributed by atoms with van der Waals surface area (Å²) in [5.41, 5.74) is 10.5. The third-order valence-electron chi connectivity index (χ3n) is 6.91. The molecule has 0 spiro atoms. The van der Waals surface area contributed by atoms with Gasteiger partial charge in [-0.3, -0.25) is 0 Å². The highest BCUT2D eigenvalue weighted by Gasteiger charge is 2.31. The molecule has 0 amide bonds. The second-order valence-corrected chi connectivity index (χ2v) is 9.69. The van der Waals surface area contributed by atoms with Gasteiger partial charge < -0.3 is 24.4 Å². The normalized spacial score (nSPS) is 14.5. The number of nitrogens with two attached hydrogens (primary N) is 1. The fraction of sp³-hybridized carbons (Fsp3) is 0.250. The molecule has 1 aliphatic rings. The van der Waals surface area contributed by atoms with Gasteiger partial charge in [0.15, 0.2) is 0 Å². The number of furan rings is 1. The minimum absolute atomic E-state index is 0.0156. The van der Waals surface area contributed by atoms with E-state index in [1.165, 1.54) is 0 Å². The van der Waals surface area contributed by atoms with Crippen LogP contribution >= 0.6 is 0 Å². The van der Waals surface area contributed by atoms with Gasteiger partial charge in [0.25, 0.3) is 0 Å². The molecule has 1 aromatic heterocycles. The van der Waals surface area contributed by atoms with Gasteiger partial charge in [-0.05, 0) is 55.7 Å². The Kier molecular flexibility index (Phi) is 7.29. The molecule has 4 aromatic rings. The van der Waals surface area contributed by atoms with E-state index in [1.54, 1.807) is 18.2 Å². The monoisotopic (exact) mass is 522 g/mol. The van der Waals surface area contributed by atoms with E-state index in [1.807, 2.05) is 56.3 Å². The predicted octanol–water partition coefficient (Wildman–Crippen LogP) is 7.06. The predicted molar refractivity (Wildman–Crippen MR) is 148 cm³/mol. The number of nitriles is 1. The molecule has 1 aliphatic heterocycles. The van der Waals surface area contributed by atoms with Crippen LogP contribution < -0.4 is 19.9 Å². The molecule has 7 heteroatoms. The molecule has 5 rings (SSSR count). The molecule has 39 heavy (non-hydrogen) atoms. The first kappa shape index (κ1) is 25.9. The zero-order valence-electron chi connectivity index (χ0n) is 22.2. The molecule has 0 aliphatic carbocycles. The first-order chi connectivity index (χ1) is 18.9. The molecule has 2 heterocycles. The maximum atomic E-state index is 13.0. The number of esters is 1. The molecule has 3 aromatic carbocycles. The smallest absolute Gasteiger partial charge is 0.379 e. The number of carbonyl (C=O) groups is 1. The summed E-state index contributed by atoms with van der Waals surface area (Å²) in [5, 5.41) is 10.7. The van der Waals surface area contributed by atoms with E-state index in [-0.39, 0.29) is 17.4 Å². The standard InChI is InChI=1S/C32H30N2O5/c1-4-5-6-15-36-22-10-8-21(9-11-22)29-25-14-12-23(17-28(25)39-31(34)26(29)18-33)37-32(35)30-20(3)24-13-7-19(2)16-27(24)38-30/h7-14,16-17,29H,4-6,15,34H2,1-3H3. The molecule has 0 saturated heterocycles. The van der Waals surface area contributed by atoms with E-state index in [0.29, 0.717) is 29.1 Å². The SMILES string of the molecule is CCCCCOc1ccc(C2C(C#N)=C(N)Oc3cc(OC(=O)c4oc5cc(C)ccc5c4C)ccc32)cc1. The Morgan fingerprint density at radius 1 is 1.03 bits per heavy atom. The van der Waals surface area contributed by atoms with Crippen molar-refractivity contribution in [1.29, 1.82) is 5.26 Å². The van der Waals surface area contributed by atoms with Gasteiger partial charge in [0, 0.05) is 22.6 Å². The third kappa shape index (κ3) is 5.19. The number of hydrogen-bond donors (Lipinski definition) is 1. The molecule has 1 unspecified atom stereocenters. The molecule has 1 atom stereocenters. The Hall–Kier alpha value is -4.70. The number of ether oxygens (including phenoxy) is 3. The van der Waals surface area contributed by atoms with Gasteiger partial charge in [0.1, 0.15) is 34.5 Å². The molecule has 0 fully saturated rings. The van der Waals surface area contributed by atoms with Crippen molar-refractivity contribution in [1.82, 2.24) is 0 Å². The van der Waals surface area contributed by atoms with Crippen LogP contribution in [0.2, 0.25) is 0 Å². The van der Waals surface area contributed by atoms with Crippen molar-refractivity contribution in [3.63, 3.8) is 0 Å². The highest BCUT2D eigenvalue weighted by atomic mass is 16.5. The van der Waals surface area contributed by atoms with Crippen molar-refractivity contribution in [2.75, 3.05) is 6.61 Å². The topological polar surface area (TPSA) is 108 Å². The van der Waals surface area contributed by atoms with Gasteiger partial charge in [0.05, 0.1) is 12.5 Å². The summed E-state index contributed by atoms with van der Waals surface area (Å²) in [5.74, 6) is 0.590. The molecular weight excluding hydrogens is 492 g/mol. The van der Waals surface area contributed by atoms with Gasteiger partial charge >= 0.3 is 5.97 Å². The van der Waals surface area contributed by atoms with Crippen molar-refractivity contribution in [3.05, 3.63) is 100 Å². The first-order valence-corrected chi connectivity index (χ1v) is 13.1. The number of rotatable bonds is 8. The lowest BCUT2D eigenvalue weighted by Gasteiger charge is -2.26. The van der Waals surface area contributed by atoms with E-state index >= 15 is 0 Å². The number of benzene rings is 3. The summed E-state index contributed by atoms with van der Waals surface area (Å²) >= 11 is 0. The maximum Gasteiger partial charge on any atom is 0.379 e. The number of aryl methyl sites for hydroxylation is 2. The van der Waals surface area contributed by atoms with E-state index < -0.39 is 11.9 Å². The number of carbonyl (C=O) groups excluding carboxylic acids is 1. The van der Waals surface area contributed by atoms with E-state index in [2.05, 4.69) is 13.0 Å². The minimum Gasteiger partial charge on any atom is -0.494 e. The lowest BCUT2D eigenvalue weighted by molar-refractivity contribution is 0.0702. The quantitative estimate of drug-likeness (QED) is 0.150. The first-order valence-electron chi connectivity index (χ1n) is 13.1. The Balaban J connectivity index is 1.40. The second-order valence-electron chi connectivity index (χ2n) is 9.69. The van der Waals surface area contributed by atoms with Crippen LogP contribution in [0.1, 0.15) is 64.9 Å². The fourth-order valence-corrected chi connectivity index (χ4v) is 4.82. The van der Waals surface area contributed by atoms with Gasteiger partial charge in [-0.2, -0.15) is 5.26 Å².